The Labute approximate surface area is 83.8 Å². The van der Waals surface area contributed by atoms with E-state index in [0.717, 1.165) is 0 Å². The van der Waals surface area contributed by atoms with Gasteiger partial charge in [-0.1, -0.05) is 39.3 Å². The number of likely N-dealkylation sites (tertiary alicyclic amines) is 1. The van der Waals surface area contributed by atoms with Crippen molar-refractivity contribution < 1.29 is 0 Å². The fourth-order valence-corrected chi connectivity index (χ4v) is 1.47. The van der Waals surface area contributed by atoms with Crippen molar-refractivity contribution in [2.24, 2.45) is 0 Å². The molecular formula is C12H25N. The minimum atomic E-state index is 1.23. The predicted molar refractivity (Wildman–Crippen MR) is 61.1 cm³/mol. The minimum Gasteiger partial charge on any atom is -0.303 e. The van der Waals surface area contributed by atoms with Gasteiger partial charge >= 0.3 is 0 Å². The lowest BCUT2D eigenvalue weighted by molar-refractivity contribution is 0.253. The maximum Gasteiger partial charge on any atom is 0.00186 e. The number of hydrogen-bond acceptors (Lipinski definition) is 1. The summed E-state index contributed by atoms with van der Waals surface area (Å²) >= 11 is 0. The summed E-state index contributed by atoms with van der Waals surface area (Å²) < 4.78 is 0. The molecule has 0 atom stereocenters. The first-order chi connectivity index (χ1) is 6.33. The molecule has 0 bridgehead atoms. The van der Waals surface area contributed by atoms with Crippen LogP contribution in [0.4, 0.5) is 0 Å². The molecule has 1 rings (SSSR count). The van der Waals surface area contributed by atoms with Crippen molar-refractivity contribution in [3.05, 3.63) is 12.2 Å². The molecule has 13 heavy (non-hydrogen) atoms. The second kappa shape index (κ2) is 8.31. The highest BCUT2D eigenvalue weighted by atomic mass is 15.1. The molecule has 0 aromatic carbocycles. The maximum atomic E-state index is 4.00. The molecule has 0 aromatic rings. The number of hydrogen-bond donors (Lipinski definition) is 0. The SMILES string of the molecule is C=C1CCN(CCCC)CC1.CC. The van der Waals surface area contributed by atoms with Crippen molar-refractivity contribution >= 4 is 0 Å². The van der Waals surface area contributed by atoms with Gasteiger partial charge in [0, 0.05) is 13.1 Å². The lowest BCUT2D eigenvalue weighted by Crippen LogP contribution is -2.31. The molecule has 1 aliphatic heterocycles. The molecule has 0 N–H and O–H groups in total. The summed E-state index contributed by atoms with van der Waals surface area (Å²) in [4.78, 5) is 2.55. The number of rotatable bonds is 3. The zero-order chi connectivity index (χ0) is 10.1. The highest BCUT2D eigenvalue weighted by Crippen LogP contribution is 2.13. The number of piperidine rings is 1. The molecule has 1 nitrogen and oxygen atoms in total. The van der Waals surface area contributed by atoms with E-state index in [0.29, 0.717) is 0 Å². The van der Waals surface area contributed by atoms with Gasteiger partial charge in [-0.15, -0.1) is 0 Å². The van der Waals surface area contributed by atoms with E-state index < -0.39 is 0 Å². The van der Waals surface area contributed by atoms with Gasteiger partial charge < -0.3 is 4.90 Å². The summed E-state index contributed by atoms with van der Waals surface area (Å²) in [6.45, 7) is 14.0. The van der Waals surface area contributed by atoms with E-state index in [9.17, 15) is 0 Å². The molecule has 0 unspecified atom stereocenters. The Morgan fingerprint density at radius 3 is 2.23 bits per heavy atom. The number of unbranched alkanes of at least 4 members (excludes halogenated alkanes) is 1. The third-order valence-electron chi connectivity index (χ3n) is 2.39. The number of nitrogens with zero attached hydrogens (tertiary/aromatic N) is 1. The van der Waals surface area contributed by atoms with Gasteiger partial charge in [0.2, 0.25) is 0 Å². The highest BCUT2D eigenvalue weighted by Gasteiger charge is 2.10. The van der Waals surface area contributed by atoms with E-state index in [1.165, 1.54) is 50.9 Å². The Hall–Kier alpha value is -0.300. The lowest BCUT2D eigenvalue weighted by Gasteiger charge is -2.27. The zero-order valence-corrected chi connectivity index (χ0v) is 9.60. The first-order valence-corrected chi connectivity index (χ1v) is 5.72. The van der Waals surface area contributed by atoms with Gasteiger partial charge in [0.05, 0.1) is 0 Å². The van der Waals surface area contributed by atoms with Crippen LogP contribution in [-0.4, -0.2) is 24.5 Å². The molecule has 0 saturated carbocycles. The van der Waals surface area contributed by atoms with E-state index in [4.69, 9.17) is 0 Å². The quantitative estimate of drug-likeness (QED) is 0.606. The standard InChI is InChI=1S/C10H19N.C2H6/c1-3-4-7-11-8-5-10(2)6-9-11;1-2/h2-9H2,1H3;1-2H3. The van der Waals surface area contributed by atoms with Crippen LogP contribution in [0.2, 0.25) is 0 Å². The van der Waals surface area contributed by atoms with Crippen LogP contribution in [0.1, 0.15) is 46.5 Å². The molecule has 1 aliphatic rings. The van der Waals surface area contributed by atoms with Gasteiger partial charge in [-0.25, -0.2) is 0 Å². The Kier molecular flexibility index (Phi) is 8.11. The van der Waals surface area contributed by atoms with Crippen molar-refractivity contribution in [1.82, 2.24) is 4.90 Å². The molecule has 0 spiro atoms. The fourth-order valence-electron chi connectivity index (χ4n) is 1.47. The Balaban J connectivity index is 0.000000671. The van der Waals surface area contributed by atoms with Crippen molar-refractivity contribution in [2.75, 3.05) is 19.6 Å². The minimum absolute atomic E-state index is 1.23. The molecule has 1 saturated heterocycles. The van der Waals surface area contributed by atoms with Crippen LogP contribution in [0.15, 0.2) is 12.2 Å². The summed E-state index contributed by atoms with van der Waals surface area (Å²) in [5, 5.41) is 0. The normalized spacial score (nSPS) is 17.9. The fraction of sp³-hybridized carbons (Fsp3) is 0.833. The first kappa shape index (κ1) is 12.7. The van der Waals surface area contributed by atoms with Crippen LogP contribution < -0.4 is 0 Å². The van der Waals surface area contributed by atoms with Gasteiger partial charge in [-0.2, -0.15) is 0 Å². The van der Waals surface area contributed by atoms with Crippen molar-refractivity contribution in [3.63, 3.8) is 0 Å². The summed E-state index contributed by atoms with van der Waals surface area (Å²) in [7, 11) is 0. The van der Waals surface area contributed by atoms with Crippen LogP contribution >= 0.6 is 0 Å². The molecule has 1 heteroatoms. The largest absolute Gasteiger partial charge is 0.303 e. The summed E-state index contributed by atoms with van der Waals surface area (Å²) in [5.41, 5.74) is 1.44. The van der Waals surface area contributed by atoms with Gasteiger partial charge in [-0.3, -0.25) is 0 Å². The molecule has 78 valence electrons. The monoisotopic (exact) mass is 183 g/mol. The van der Waals surface area contributed by atoms with Gasteiger partial charge in [0.1, 0.15) is 0 Å². The van der Waals surface area contributed by atoms with Crippen LogP contribution in [-0.2, 0) is 0 Å². The van der Waals surface area contributed by atoms with Crippen molar-refractivity contribution in [1.29, 1.82) is 0 Å². The molecule has 0 aliphatic carbocycles. The molecule has 0 aromatic heterocycles. The van der Waals surface area contributed by atoms with E-state index >= 15 is 0 Å². The Morgan fingerprint density at radius 2 is 1.77 bits per heavy atom. The average molecular weight is 183 g/mol. The van der Waals surface area contributed by atoms with E-state index in [-0.39, 0.29) is 0 Å². The molecule has 1 heterocycles. The summed E-state index contributed by atoms with van der Waals surface area (Å²) in [6.07, 6.45) is 5.12. The lowest BCUT2D eigenvalue weighted by atomic mass is 10.1. The van der Waals surface area contributed by atoms with E-state index in [2.05, 4.69) is 18.4 Å². The summed E-state index contributed by atoms with van der Waals surface area (Å²) in [6, 6.07) is 0. The second-order valence-electron chi connectivity index (χ2n) is 3.45. The molecule has 1 fully saturated rings. The molecule has 0 radical (unpaired) electrons. The Morgan fingerprint density at radius 1 is 1.23 bits per heavy atom. The smallest absolute Gasteiger partial charge is 0.00186 e. The third-order valence-corrected chi connectivity index (χ3v) is 2.39. The molecular weight excluding hydrogens is 158 g/mol. The van der Waals surface area contributed by atoms with E-state index in [1.807, 2.05) is 13.8 Å². The predicted octanol–water partition coefficient (Wildman–Crippen LogP) is 3.46. The van der Waals surface area contributed by atoms with Crippen molar-refractivity contribution in [3.8, 4) is 0 Å². The summed E-state index contributed by atoms with van der Waals surface area (Å²) in [5.74, 6) is 0. The average Bonchev–Trinajstić information content (AvgIpc) is 2.20. The van der Waals surface area contributed by atoms with Gasteiger partial charge in [0.15, 0.2) is 0 Å². The van der Waals surface area contributed by atoms with E-state index in [1.54, 1.807) is 0 Å². The van der Waals surface area contributed by atoms with Crippen LogP contribution in [0, 0.1) is 0 Å². The topological polar surface area (TPSA) is 3.24 Å². The van der Waals surface area contributed by atoms with Crippen molar-refractivity contribution in [2.45, 2.75) is 46.5 Å². The molecule has 0 amide bonds. The highest BCUT2D eigenvalue weighted by molar-refractivity contribution is 4.98. The van der Waals surface area contributed by atoms with Gasteiger partial charge in [0.25, 0.3) is 0 Å². The zero-order valence-electron chi connectivity index (χ0n) is 9.60. The maximum absolute atomic E-state index is 4.00. The van der Waals surface area contributed by atoms with Gasteiger partial charge in [-0.05, 0) is 25.8 Å². The second-order valence-corrected chi connectivity index (χ2v) is 3.45. The third kappa shape index (κ3) is 5.87. The van der Waals surface area contributed by atoms with Crippen LogP contribution in [0.5, 0.6) is 0 Å². The first-order valence-electron chi connectivity index (χ1n) is 5.72. The van der Waals surface area contributed by atoms with Crippen LogP contribution in [0.3, 0.4) is 0 Å². The Bertz CT molecular complexity index is 119. The van der Waals surface area contributed by atoms with Crippen LogP contribution in [0.25, 0.3) is 0 Å².